The molecule has 1 aromatic heterocycles. The fourth-order valence-corrected chi connectivity index (χ4v) is 3.26. The molecule has 0 saturated carbocycles. The Bertz CT molecular complexity index is 903. The highest BCUT2D eigenvalue weighted by Gasteiger charge is 2.27. The summed E-state index contributed by atoms with van der Waals surface area (Å²) >= 11 is 6.39. The first-order valence-electron chi connectivity index (χ1n) is 8.04. The summed E-state index contributed by atoms with van der Waals surface area (Å²) in [6.07, 6.45) is -0.135. The maximum absolute atomic E-state index is 12.4. The van der Waals surface area contributed by atoms with Gasteiger partial charge in [0.05, 0.1) is 29.7 Å². The van der Waals surface area contributed by atoms with Crippen LogP contribution >= 0.6 is 11.6 Å². The second-order valence-corrected chi connectivity index (χ2v) is 6.81. The van der Waals surface area contributed by atoms with Gasteiger partial charge in [0.15, 0.2) is 0 Å². The number of carbonyl (C=O) groups is 1. The molecule has 25 heavy (non-hydrogen) atoms. The Morgan fingerprint density at radius 3 is 2.80 bits per heavy atom. The third-order valence-electron chi connectivity index (χ3n) is 4.59. The van der Waals surface area contributed by atoms with Crippen LogP contribution in [0.15, 0.2) is 15.3 Å². The molecule has 2 heterocycles. The predicted octanol–water partition coefficient (Wildman–Crippen LogP) is 3.03. The molecule has 0 atom stereocenters. The van der Waals surface area contributed by atoms with E-state index in [-0.39, 0.29) is 18.0 Å². The van der Waals surface area contributed by atoms with E-state index in [9.17, 15) is 9.59 Å². The van der Waals surface area contributed by atoms with Gasteiger partial charge in [0.2, 0.25) is 0 Å². The second-order valence-electron chi connectivity index (χ2n) is 6.40. The van der Waals surface area contributed by atoms with Crippen molar-refractivity contribution in [3.05, 3.63) is 38.2 Å². The lowest BCUT2D eigenvalue weighted by molar-refractivity contribution is -0.139. The molecule has 0 aliphatic carbocycles. The molecular weight excluding hydrogens is 346 g/mol. The number of ether oxygens (including phenoxy) is 2. The molecule has 0 bridgehead atoms. The highest BCUT2D eigenvalue weighted by molar-refractivity contribution is 6.33. The largest absolute Gasteiger partial charge is 0.476 e. The molecule has 2 aromatic rings. The zero-order chi connectivity index (χ0) is 18.3. The van der Waals surface area contributed by atoms with Crippen molar-refractivity contribution in [2.75, 3.05) is 13.8 Å². The van der Waals surface area contributed by atoms with Gasteiger partial charge < -0.3 is 13.9 Å². The van der Waals surface area contributed by atoms with Gasteiger partial charge in [-0.1, -0.05) is 11.6 Å². The van der Waals surface area contributed by atoms with Crippen molar-refractivity contribution in [2.24, 2.45) is 0 Å². The maximum Gasteiger partial charge on any atom is 0.340 e. The first-order chi connectivity index (χ1) is 11.8. The number of hydrogen-bond acceptors (Lipinski definition) is 6. The highest BCUT2D eigenvalue weighted by atomic mass is 35.5. The van der Waals surface area contributed by atoms with Crippen molar-refractivity contribution in [3.63, 3.8) is 0 Å². The fourth-order valence-electron chi connectivity index (χ4n) is 2.98. The first kappa shape index (κ1) is 17.8. The van der Waals surface area contributed by atoms with E-state index >= 15 is 0 Å². The summed E-state index contributed by atoms with van der Waals surface area (Å²) in [5, 5.41) is 1.17. The summed E-state index contributed by atoms with van der Waals surface area (Å²) < 4.78 is 16.0. The summed E-state index contributed by atoms with van der Waals surface area (Å²) in [5.41, 5.74) is 1.63. The van der Waals surface area contributed by atoms with Crippen LogP contribution in [0.5, 0.6) is 5.75 Å². The van der Waals surface area contributed by atoms with E-state index in [1.165, 1.54) is 7.11 Å². The molecule has 1 aliphatic rings. The molecule has 0 fully saturated rings. The quantitative estimate of drug-likeness (QED) is 0.615. The molecule has 0 unspecified atom stereocenters. The molecule has 0 saturated heterocycles. The lowest BCUT2D eigenvalue weighted by Gasteiger charge is -2.32. The highest BCUT2D eigenvalue weighted by Crippen LogP contribution is 2.40. The van der Waals surface area contributed by atoms with Crippen LogP contribution in [0.1, 0.15) is 30.5 Å². The molecule has 0 spiro atoms. The number of aryl methyl sites for hydroxylation is 1. The van der Waals surface area contributed by atoms with Crippen LogP contribution in [0, 0.1) is 6.92 Å². The van der Waals surface area contributed by atoms with Gasteiger partial charge in [-0.3, -0.25) is 9.69 Å². The van der Waals surface area contributed by atoms with Crippen LogP contribution in [0.2, 0.25) is 5.02 Å². The minimum absolute atomic E-state index is 0.135. The van der Waals surface area contributed by atoms with Crippen LogP contribution in [-0.4, -0.2) is 30.8 Å². The SMILES string of the molecule is COC(=O)Cc1c(C)c2cc(Cl)c3c(c2oc1=O)CN(C(C)C)CO3. The van der Waals surface area contributed by atoms with Crippen molar-refractivity contribution in [1.82, 2.24) is 4.90 Å². The van der Waals surface area contributed by atoms with Crippen LogP contribution in [0.3, 0.4) is 0 Å². The lowest BCUT2D eigenvalue weighted by atomic mass is 10.00. The van der Waals surface area contributed by atoms with Crippen molar-refractivity contribution < 1.29 is 18.7 Å². The van der Waals surface area contributed by atoms with Crippen molar-refractivity contribution >= 4 is 28.5 Å². The third kappa shape index (κ3) is 3.12. The van der Waals surface area contributed by atoms with Gasteiger partial charge >= 0.3 is 11.6 Å². The third-order valence-corrected chi connectivity index (χ3v) is 4.87. The predicted molar refractivity (Wildman–Crippen MR) is 94.1 cm³/mol. The van der Waals surface area contributed by atoms with Crippen LogP contribution in [0.25, 0.3) is 11.0 Å². The molecule has 1 aromatic carbocycles. The average molecular weight is 366 g/mol. The van der Waals surface area contributed by atoms with Crippen molar-refractivity contribution in [3.8, 4) is 5.75 Å². The van der Waals surface area contributed by atoms with Gasteiger partial charge in [-0.2, -0.15) is 0 Å². The Hall–Kier alpha value is -2.05. The Morgan fingerprint density at radius 1 is 1.44 bits per heavy atom. The summed E-state index contributed by atoms with van der Waals surface area (Å²) in [6, 6.07) is 1.99. The molecule has 134 valence electrons. The molecule has 3 rings (SSSR count). The molecule has 0 radical (unpaired) electrons. The Balaban J connectivity index is 2.22. The van der Waals surface area contributed by atoms with E-state index in [0.29, 0.717) is 40.6 Å². The van der Waals surface area contributed by atoms with E-state index in [1.807, 2.05) is 0 Å². The number of benzene rings is 1. The topological polar surface area (TPSA) is 69.0 Å². The van der Waals surface area contributed by atoms with E-state index in [4.69, 9.17) is 20.8 Å². The minimum Gasteiger partial charge on any atom is -0.476 e. The smallest absolute Gasteiger partial charge is 0.340 e. The summed E-state index contributed by atoms with van der Waals surface area (Å²) in [6.45, 7) is 6.92. The number of carbonyl (C=O) groups excluding carboxylic acids is 1. The van der Waals surface area contributed by atoms with E-state index < -0.39 is 11.6 Å². The van der Waals surface area contributed by atoms with E-state index in [0.717, 1.165) is 5.56 Å². The van der Waals surface area contributed by atoms with Crippen molar-refractivity contribution in [2.45, 2.75) is 39.8 Å². The summed E-state index contributed by atoms with van der Waals surface area (Å²) in [5.74, 6) is 0.0578. The van der Waals surface area contributed by atoms with Gasteiger partial charge in [0.25, 0.3) is 0 Å². The van der Waals surface area contributed by atoms with Crippen LogP contribution in [0.4, 0.5) is 0 Å². The molecular formula is C18H20ClNO5. The zero-order valence-electron chi connectivity index (χ0n) is 14.6. The number of hydrogen-bond donors (Lipinski definition) is 0. The Labute approximate surface area is 150 Å². The second kappa shape index (κ2) is 6.69. The number of fused-ring (bicyclic) bond motifs is 3. The van der Waals surface area contributed by atoms with Gasteiger partial charge in [-0.05, 0) is 32.4 Å². The number of methoxy groups -OCH3 is 1. The van der Waals surface area contributed by atoms with E-state index in [1.54, 1.807) is 13.0 Å². The first-order valence-corrected chi connectivity index (χ1v) is 8.42. The molecule has 1 aliphatic heterocycles. The molecule has 6 nitrogen and oxygen atoms in total. The lowest BCUT2D eigenvalue weighted by Crippen LogP contribution is -2.37. The van der Waals surface area contributed by atoms with E-state index in [2.05, 4.69) is 23.5 Å². The number of esters is 1. The Morgan fingerprint density at radius 2 is 2.16 bits per heavy atom. The fraction of sp³-hybridized carbons (Fsp3) is 0.444. The molecule has 7 heteroatoms. The average Bonchev–Trinajstić information content (AvgIpc) is 2.59. The zero-order valence-corrected chi connectivity index (χ0v) is 15.4. The molecule has 0 N–H and O–H groups in total. The minimum atomic E-state index is -0.540. The van der Waals surface area contributed by atoms with Crippen LogP contribution < -0.4 is 10.4 Å². The molecule has 0 amide bonds. The standard InChI is InChI=1S/C18H20ClNO5/c1-9(2)20-7-13-16-11(5-14(19)17(13)24-8-20)10(3)12(18(22)25-16)6-15(21)23-4/h5,9H,6-8H2,1-4H3. The maximum atomic E-state index is 12.4. The van der Waals surface area contributed by atoms with Gasteiger partial charge in [0, 0.05) is 18.0 Å². The van der Waals surface area contributed by atoms with Crippen LogP contribution in [-0.2, 0) is 22.5 Å². The Kier molecular flexibility index (Phi) is 4.75. The monoisotopic (exact) mass is 365 g/mol. The number of rotatable bonds is 3. The normalized spacial score (nSPS) is 14.5. The number of nitrogens with zero attached hydrogens (tertiary/aromatic N) is 1. The van der Waals surface area contributed by atoms with Gasteiger partial charge in [-0.25, -0.2) is 4.79 Å². The van der Waals surface area contributed by atoms with Gasteiger partial charge in [0.1, 0.15) is 18.1 Å². The summed E-state index contributed by atoms with van der Waals surface area (Å²) in [7, 11) is 1.28. The number of halogens is 1. The van der Waals surface area contributed by atoms with Gasteiger partial charge in [-0.15, -0.1) is 0 Å². The van der Waals surface area contributed by atoms with Crippen molar-refractivity contribution in [1.29, 1.82) is 0 Å². The summed E-state index contributed by atoms with van der Waals surface area (Å²) in [4.78, 5) is 26.1.